The summed E-state index contributed by atoms with van der Waals surface area (Å²) in [4.78, 5) is 23.8. The molecule has 0 spiro atoms. The number of aryl methyl sites for hydroxylation is 1. The van der Waals surface area contributed by atoms with Crippen molar-refractivity contribution in [2.45, 2.75) is 18.2 Å². The van der Waals surface area contributed by atoms with E-state index in [4.69, 9.17) is 16.7 Å². The zero-order chi connectivity index (χ0) is 19.3. The van der Waals surface area contributed by atoms with Crippen LogP contribution < -0.4 is 15.8 Å². The molecule has 0 fully saturated rings. The van der Waals surface area contributed by atoms with Gasteiger partial charge in [-0.05, 0) is 36.2 Å². The highest BCUT2D eigenvalue weighted by Crippen LogP contribution is 2.21. The lowest BCUT2D eigenvalue weighted by Crippen LogP contribution is -2.33. The van der Waals surface area contributed by atoms with Crippen LogP contribution in [0.2, 0.25) is 5.02 Å². The molecule has 0 aliphatic rings. The van der Waals surface area contributed by atoms with Crippen LogP contribution in [0.4, 0.5) is 5.69 Å². The summed E-state index contributed by atoms with van der Waals surface area (Å²) < 4.78 is 22.9. The topological polar surface area (TPSA) is 118 Å². The number of carbonyl (C=O) groups excluding carboxylic acids is 2. The minimum absolute atomic E-state index is 0.0279. The molecular weight excluding hydrogens is 378 g/mol. The van der Waals surface area contributed by atoms with Crippen LogP contribution in [0.15, 0.2) is 47.4 Å². The molecule has 0 aliphatic heterocycles. The standard InChI is InChI=1S/C17H18ClN3O4S/c1-2-11-5-3-4-6-14(11)21-16(22)10-20-17(23)12-7-8-13(18)15(9-12)26(19,24)25/h3-9H,2,10H2,1H3,(H,20,23)(H,21,22)(H2,19,24,25). The van der Waals surface area contributed by atoms with Crippen molar-refractivity contribution in [2.75, 3.05) is 11.9 Å². The number of nitrogens with two attached hydrogens (primary N) is 1. The van der Waals surface area contributed by atoms with Gasteiger partial charge in [0.1, 0.15) is 4.90 Å². The lowest BCUT2D eigenvalue weighted by molar-refractivity contribution is -0.115. The Morgan fingerprint density at radius 2 is 1.85 bits per heavy atom. The highest BCUT2D eigenvalue weighted by Gasteiger charge is 2.17. The van der Waals surface area contributed by atoms with E-state index in [1.54, 1.807) is 12.1 Å². The van der Waals surface area contributed by atoms with Crippen LogP contribution in [0.5, 0.6) is 0 Å². The van der Waals surface area contributed by atoms with Crippen LogP contribution in [0.3, 0.4) is 0 Å². The van der Waals surface area contributed by atoms with Gasteiger partial charge in [0, 0.05) is 11.3 Å². The Bertz CT molecular complexity index is 945. The zero-order valence-corrected chi connectivity index (χ0v) is 15.5. The van der Waals surface area contributed by atoms with Crippen molar-refractivity contribution in [1.29, 1.82) is 0 Å². The quantitative estimate of drug-likeness (QED) is 0.692. The summed E-state index contributed by atoms with van der Waals surface area (Å²) in [6.45, 7) is 1.70. The van der Waals surface area contributed by atoms with E-state index in [-0.39, 0.29) is 22.0 Å². The fourth-order valence-electron chi connectivity index (χ4n) is 2.27. The largest absolute Gasteiger partial charge is 0.343 e. The molecule has 2 amide bonds. The molecule has 9 heteroatoms. The molecule has 0 radical (unpaired) electrons. The molecule has 0 aliphatic carbocycles. The molecule has 4 N–H and O–H groups in total. The Labute approximate surface area is 156 Å². The van der Waals surface area contributed by atoms with Gasteiger partial charge in [0.05, 0.1) is 11.6 Å². The summed E-state index contributed by atoms with van der Waals surface area (Å²) in [5.41, 5.74) is 1.68. The average Bonchev–Trinajstić information content (AvgIpc) is 2.59. The maximum atomic E-state index is 12.1. The van der Waals surface area contributed by atoms with Crippen molar-refractivity contribution in [2.24, 2.45) is 5.14 Å². The van der Waals surface area contributed by atoms with Gasteiger partial charge in [0.25, 0.3) is 5.91 Å². The molecule has 2 rings (SSSR count). The minimum Gasteiger partial charge on any atom is -0.343 e. The second-order valence-corrected chi connectivity index (χ2v) is 7.37. The Morgan fingerprint density at radius 3 is 2.50 bits per heavy atom. The fraction of sp³-hybridized carbons (Fsp3) is 0.176. The summed E-state index contributed by atoms with van der Waals surface area (Å²) in [5.74, 6) is -1.02. The number of sulfonamides is 1. The summed E-state index contributed by atoms with van der Waals surface area (Å²) >= 11 is 5.78. The normalized spacial score (nSPS) is 11.0. The first-order valence-corrected chi connectivity index (χ1v) is 9.63. The second kappa shape index (κ2) is 8.31. The smallest absolute Gasteiger partial charge is 0.251 e. The van der Waals surface area contributed by atoms with Crippen LogP contribution in [-0.2, 0) is 21.2 Å². The number of rotatable bonds is 6. The van der Waals surface area contributed by atoms with Gasteiger partial charge < -0.3 is 10.6 Å². The van der Waals surface area contributed by atoms with Crippen molar-refractivity contribution < 1.29 is 18.0 Å². The highest BCUT2D eigenvalue weighted by atomic mass is 35.5. The van der Waals surface area contributed by atoms with Crippen molar-refractivity contribution in [3.05, 3.63) is 58.6 Å². The summed E-state index contributed by atoms with van der Waals surface area (Å²) in [6, 6.07) is 11.0. The predicted octanol–water partition coefficient (Wildman–Crippen LogP) is 1.92. The average molecular weight is 396 g/mol. The van der Waals surface area contributed by atoms with Gasteiger partial charge in [-0.15, -0.1) is 0 Å². The van der Waals surface area contributed by atoms with Gasteiger partial charge in [0.2, 0.25) is 15.9 Å². The van der Waals surface area contributed by atoms with Gasteiger partial charge >= 0.3 is 0 Å². The third-order valence-electron chi connectivity index (χ3n) is 3.58. The Hall–Kier alpha value is -2.42. The number of anilines is 1. The Balaban J connectivity index is 2.04. The summed E-state index contributed by atoms with van der Waals surface area (Å²) in [7, 11) is -4.06. The van der Waals surface area contributed by atoms with E-state index in [1.807, 2.05) is 19.1 Å². The van der Waals surface area contributed by atoms with E-state index >= 15 is 0 Å². The van der Waals surface area contributed by atoms with Gasteiger partial charge in [-0.25, -0.2) is 13.6 Å². The van der Waals surface area contributed by atoms with Crippen molar-refractivity contribution in [3.8, 4) is 0 Å². The first-order valence-electron chi connectivity index (χ1n) is 7.70. The number of benzene rings is 2. The number of nitrogens with one attached hydrogen (secondary N) is 2. The number of halogens is 1. The summed E-state index contributed by atoms with van der Waals surface area (Å²) in [6.07, 6.45) is 0.754. The first kappa shape index (κ1) is 19.9. The van der Waals surface area contributed by atoms with Crippen LogP contribution in [0, 0.1) is 0 Å². The molecule has 2 aromatic rings. The van der Waals surface area contributed by atoms with Gasteiger partial charge in [0.15, 0.2) is 0 Å². The maximum absolute atomic E-state index is 12.1. The highest BCUT2D eigenvalue weighted by molar-refractivity contribution is 7.89. The molecule has 0 aromatic heterocycles. The molecule has 0 saturated carbocycles. The third-order valence-corrected chi connectivity index (χ3v) is 4.97. The van der Waals surface area contributed by atoms with E-state index in [0.29, 0.717) is 5.69 Å². The fourth-order valence-corrected chi connectivity index (χ4v) is 3.34. The second-order valence-electron chi connectivity index (χ2n) is 5.43. The molecule has 26 heavy (non-hydrogen) atoms. The van der Waals surface area contributed by atoms with Gasteiger partial charge in [-0.2, -0.15) is 0 Å². The third kappa shape index (κ3) is 5.04. The molecule has 0 atom stereocenters. The number of carbonyl (C=O) groups is 2. The maximum Gasteiger partial charge on any atom is 0.251 e. The lowest BCUT2D eigenvalue weighted by atomic mass is 10.1. The van der Waals surface area contributed by atoms with Crippen LogP contribution in [0.25, 0.3) is 0 Å². The van der Waals surface area contributed by atoms with Gasteiger partial charge in [-0.1, -0.05) is 36.7 Å². The van der Waals surface area contributed by atoms with Crippen molar-refractivity contribution in [3.63, 3.8) is 0 Å². The van der Waals surface area contributed by atoms with Crippen LogP contribution in [-0.4, -0.2) is 26.8 Å². The van der Waals surface area contributed by atoms with Crippen molar-refractivity contribution >= 4 is 39.1 Å². The van der Waals surface area contributed by atoms with E-state index in [9.17, 15) is 18.0 Å². The number of amides is 2. The zero-order valence-electron chi connectivity index (χ0n) is 14.0. The van der Waals surface area contributed by atoms with E-state index in [1.165, 1.54) is 12.1 Å². The number of hydrogen-bond donors (Lipinski definition) is 3. The van der Waals surface area contributed by atoms with E-state index in [0.717, 1.165) is 18.1 Å². The molecule has 2 aromatic carbocycles. The molecule has 0 heterocycles. The number of hydrogen-bond acceptors (Lipinski definition) is 4. The Kier molecular flexibility index (Phi) is 6.36. The monoisotopic (exact) mass is 395 g/mol. The van der Waals surface area contributed by atoms with E-state index < -0.39 is 21.8 Å². The minimum atomic E-state index is -4.06. The molecule has 0 bridgehead atoms. The number of para-hydroxylation sites is 1. The van der Waals surface area contributed by atoms with Gasteiger partial charge in [-0.3, -0.25) is 9.59 Å². The molecule has 0 unspecified atom stereocenters. The van der Waals surface area contributed by atoms with Crippen LogP contribution >= 0.6 is 11.6 Å². The van der Waals surface area contributed by atoms with E-state index in [2.05, 4.69) is 10.6 Å². The Morgan fingerprint density at radius 1 is 1.15 bits per heavy atom. The molecule has 138 valence electrons. The molecule has 0 saturated heterocycles. The predicted molar refractivity (Wildman–Crippen MR) is 99.6 cm³/mol. The van der Waals surface area contributed by atoms with Crippen molar-refractivity contribution in [1.82, 2.24) is 5.32 Å². The first-order chi connectivity index (χ1) is 12.2. The van der Waals surface area contributed by atoms with Crippen LogP contribution in [0.1, 0.15) is 22.8 Å². The SMILES string of the molecule is CCc1ccccc1NC(=O)CNC(=O)c1ccc(Cl)c(S(N)(=O)=O)c1. The molecular formula is C17H18ClN3O4S. The lowest BCUT2D eigenvalue weighted by Gasteiger charge is -2.11. The summed E-state index contributed by atoms with van der Waals surface area (Å²) in [5, 5.41) is 10.1. The number of primary sulfonamides is 1. The molecule has 7 nitrogen and oxygen atoms in total.